The van der Waals surface area contributed by atoms with E-state index in [2.05, 4.69) is 16.4 Å². The number of hydrogen-bond acceptors (Lipinski definition) is 4. The van der Waals surface area contributed by atoms with Crippen LogP contribution < -0.4 is 5.32 Å². The van der Waals surface area contributed by atoms with Crippen LogP contribution in [-0.4, -0.2) is 36.1 Å². The minimum absolute atomic E-state index is 0.596. The van der Waals surface area contributed by atoms with Crippen LogP contribution in [0.4, 0.5) is 0 Å². The van der Waals surface area contributed by atoms with Crippen molar-refractivity contribution in [2.75, 3.05) is 26.2 Å². The number of rotatable bonds is 3. The van der Waals surface area contributed by atoms with Crippen LogP contribution in [0.25, 0.3) is 0 Å². The van der Waals surface area contributed by atoms with E-state index in [4.69, 9.17) is 4.98 Å². The molecule has 1 aromatic heterocycles. The second-order valence-corrected chi connectivity index (χ2v) is 8.18. The summed E-state index contributed by atoms with van der Waals surface area (Å²) in [6.07, 6.45) is 10.4. The molecule has 1 N–H and O–H groups in total. The van der Waals surface area contributed by atoms with Crippen molar-refractivity contribution in [1.29, 1.82) is 0 Å². The van der Waals surface area contributed by atoms with Gasteiger partial charge >= 0.3 is 0 Å². The average molecular weight is 291 g/mol. The van der Waals surface area contributed by atoms with Crippen LogP contribution in [-0.2, 0) is 6.54 Å². The molecular formula is C16H25N3S. The second-order valence-electron chi connectivity index (χ2n) is 7.03. The lowest BCUT2D eigenvalue weighted by Gasteiger charge is -2.22. The third-order valence-electron chi connectivity index (χ3n) is 5.50. The lowest BCUT2D eigenvalue weighted by Crippen LogP contribution is -2.28. The Hall–Kier alpha value is -0.450. The molecular weight excluding hydrogens is 266 g/mol. The van der Waals surface area contributed by atoms with Gasteiger partial charge in [-0.05, 0) is 44.2 Å². The zero-order valence-electron chi connectivity index (χ0n) is 12.2. The van der Waals surface area contributed by atoms with E-state index in [1.807, 2.05) is 11.3 Å². The van der Waals surface area contributed by atoms with E-state index in [1.165, 1.54) is 74.6 Å². The molecule has 4 heteroatoms. The summed E-state index contributed by atoms with van der Waals surface area (Å²) in [7, 11) is 0. The molecule has 1 unspecified atom stereocenters. The van der Waals surface area contributed by atoms with Crippen LogP contribution in [0.15, 0.2) is 6.20 Å². The zero-order valence-corrected chi connectivity index (χ0v) is 13.1. The van der Waals surface area contributed by atoms with E-state index >= 15 is 0 Å². The minimum atomic E-state index is 0.596. The lowest BCUT2D eigenvalue weighted by molar-refractivity contribution is 0.270. The fourth-order valence-electron chi connectivity index (χ4n) is 4.28. The maximum atomic E-state index is 4.71. The average Bonchev–Trinajstić information content (AvgIpc) is 3.21. The molecule has 110 valence electrons. The minimum Gasteiger partial charge on any atom is -0.316 e. The monoisotopic (exact) mass is 291 g/mol. The summed E-state index contributed by atoms with van der Waals surface area (Å²) < 4.78 is 0. The van der Waals surface area contributed by atoms with Gasteiger partial charge in [-0.25, -0.2) is 4.98 Å². The van der Waals surface area contributed by atoms with Gasteiger partial charge in [-0.2, -0.15) is 0 Å². The Morgan fingerprint density at radius 2 is 2.25 bits per heavy atom. The van der Waals surface area contributed by atoms with Gasteiger partial charge in [0.05, 0.1) is 5.01 Å². The molecule has 1 aromatic rings. The molecule has 1 saturated carbocycles. The maximum absolute atomic E-state index is 4.71. The third-order valence-corrected chi connectivity index (χ3v) is 6.65. The van der Waals surface area contributed by atoms with Crippen LogP contribution >= 0.6 is 11.3 Å². The first-order valence-electron chi connectivity index (χ1n) is 8.21. The van der Waals surface area contributed by atoms with Gasteiger partial charge in [-0.3, -0.25) is 4.90 Å². The van der Waals surface area contributed by atoms with Crippen molar-refractivity contribution in [2.24, 2.45) is 5.41 Å². The van der Waals surface area contributed by atoms with Gasteiger partial charge in [0.25, 0.3) is 0 Å². The van der Waals surface area contributed by atoms with E-state index in [-0.39, 0.29) is 0 Å². The number of likely N-dealkylation sites (tertiary alicyclic amines) is 1. The van der Waals surface area contributed by atoms with Gasteiger partial charge in [-0.1, -0.05) is 12.8 Å². The summed E-state index contributed by atoms with van der Waals surface area (Å²) in [4.78, 5) is 8.84. The third kappa shape index (κ3) is 2.53. The van der Waals surface area contributed by atoms with Gasteiger partial charge in [0.15, 0.2) is 0 Å². The van der Waals surface area contributed by atoms with Crippen LogP contribution in [0.1, 0.15) is 54.3 Å². The molecule has 2 aliphatic heterocycles. The van der Waals surface area contributed by atoms with Crippen LogP contribution in [0.5, 0.6) is 0 Å². The van der Waals surface area contributed by atoms with Gasteiger partial charge in [-0.15, -0.1) is 11.3 Å². The largest absolute Gasteiger partial charge is 0.316 e. The van der Waals surface area contributed by atoms with Gasteiger partial charge in [0.2, 0.25) is 0 Å². The highest BCUT2D eigenvalue weighted by atomic mass is 32.1. The predicted octanol–water partition coefficient (Wildman–Crippen LogP) is 2.99. The molecule has 0 amide bonds. The van der Waals surface area contributed by atoms with Gasteiger partial charge in [0.1, 0.15) is 0 Å². The van der Waals surface area contributed by atoms with Gasteiger partial charge < -0.3 is 5.32 Å². The van der Waals surface area contributed by atoms with Crippen molar-refractivity contribution >= 4 is 11.3 Å². The number of nitrogens with zero attached hydrogens (tertiary/aromatic N) is 2. The van der Waals surface area contributed by atoms with Crippen molar-refractivity contribution in [3.63, 3.8) is 0 Å². The molecule has 20 heavy (non-hydrogen) atoms. The van der Waals surface area contributed by atoms with Crippen molar-refractivity contribution in [3.8, 4) is 0 Å². The van der Waals surface area contributed by atoms with E-state index in [0.29, 0.717) is 5.41 Å². The van der Waals surface area contributed by atoms with Crippen molar-refractivity contribution in [1.82, 2.24) is 15.2 Å². The molecule has 3 heterocycles. The summed E-state index contributed by atoms with van der Waals surface area (Å²) in [5, 5.41) is 4.96. The second kappa shape index (κ2) is 5.39. The Kier molecular flexibility index (Phi) is 3.57. The molecule has 0 bridgehead atoms. The normalized spacial score (nSPS) is 31.8. The predicted molar refractivity (Wildman–Crippen MR) is 83.1 cm³/mol. The number of nitrogens with one attached hydrogen (secondary N) is 1. The molecule has 0 aromatic carbocycles. The van der Waals surface area contributed by atoms with E-state index in [1.54, 1.807) is 0 Å². The van der Waals surface area contributed by atoms with E-state index < -0.39 is 0 Å². The fourth-order valence-corrected chi connectivity index (χ4v) is 5.41. The van der Waals surface area contributed by atoms with Crippen molar-refractivity contribution < 1.29 is 0 Å². The van der Waals surface area contributed by atoms with Crippen molar-refractivity contribution in [3.05, 3.63) is 16.1 Å². The fraction of sp³-hybridized carbons (Fsp3) is 0.812. The SMILES string of the molecule is c1nc(C2CCCC2)sc1CN1CCC2(CCNC2)C1. The number of thiazole rings is 1. The van der Waals surface area contributed by atoms with Gasteiger partial charge in [0, 0.05) is 36.6 Å². The first-order valence-corrected chi connectivity index (χ1v) is 9.02. The number of aromatic nitrogens is 1. The Labute approximate surface area is 125 Å². The molecule has 1 spiro atoms. The highest BCUT2D eigenvalue weighted by Gasteiger charge is 2.40. The van der Waals surface area contributed by atoms with Crippen LogP contribution in [0, 0.1) is 5.41 Å². The lowest BCUT2D eigenvalue weighted by atomic mass is 9.87. The first-order chi connectivity index (χ1) is 9.83. The quantitative estimate of drug-likeness (QED) is 0.928. The standard InChI is InChI=1S/C16H25N3S/c1-2-4-13(3-1)15-18-9-14(20-15)10-19-8-6-16(12-19)5-7-17-11-16/h9,13,17H,1-8,10-12H2. The molecule has 3 aliphatic rings. The van der Waals surface area contributed by atoms with Crippen molar-refractivity contribution in [2.45, 2.75) is 51.0 Å². The topological polar surface area (TPSA) is 28.2 Å². The number of hydrogen-bond donors (Lipinski definition) is 1. The highest BCUT2D eigenvalue weighted by molar-refractivity contribution is 7.11. The Morgan fingerprint density at radius 3 is 3.05 bits per heavy atom. The molecule has 1 aliphatic carbocycles. The molecule has 0 radical (unpaired) electrons. The van der Waals surface area contributed by atoms with E-state index in [9.17, 15) is 0 Å². The summed E-state index contributed by atoms with van der Waals surface area (Å²) in [6, 6.07) is 0. The summed E-state index contributed by atoms with van der Waals surface area (Å²) in [6.45, 7) is 6.15. The smallest absolute Gasteiger partial charge is 0.0959 e. The summed E-state index contributed by atoms with van der Waals surface area (Å²) >= 11 is 1.98. The molecule has 3 fully saturated rings. The molecule has 2 saturated heterocycles. The molecule has 4 rings (SSSR count). The molecule has 1 atom stereocenters. The molecule has 3 nitrogen and oxygen atoms in total. The Morgan fingerprint density at radius 1 is 1.35 bits per heavy atom. The Bertz CT molecular complexity index is 458. The first kappa shape index (κ1) is 13.2. The van der Waals surface area contributed by atoms with Crippen LogP contribution in [0.3, 0.4) is 0 Å². The highest BCUT2D eigenvalue weighted by Crippen LogP contribution is 2.38. The summed E-state index contributed by atoms with van der Waals surface area (Å²) in [5.74, 6) is 0.776. The maximum Gasteiger partial charge on any atom is 0.0959 e. The Balaban J connectivity index is 1.37. The van der Waals surface area contributed by atoms with Crippen LogP contribution in [0.2, 0.25) is 0 Å². The van der Waals surface area contributed by atoms with E-state index in [0.717, 1.165) is 12.5 Å². The summed E-state index contributed by atoms with van der Waals surface area (Å²) in [5.41, 5.74) is 0.596. The zero-order chi connectivity index (χ0) is 13.4.